The smallest absolute Gasteiger partial charge is 0.291 e. The van der Waals surface area contributed by atoms with Gasteiger partial charge in [0, 0.05) is 5.39 Å². The highest BCUT2D eigenvalue weighted by Crippen LogP contribution is 2.28. The Morgan fingerprint density at radius 1 is 1.52 bits per heavy atom. The van der Waals surface area contributed by atoms with Gasteiger partial charge in [-0.05, 0) is 31.4 Å². The number of hydrogen-bond acceptors (Lipinski definition) is 5. The predicted molar refractivity (Wildman–Crippen MR) is 79.3 cm³/mol. The Balaban J connectivity index is 2.47. The number of amides is 1. The maximum atomic E-state index is 12.4. The average molecular weight is 306 g/mol. The van der Waals surface area contributed by atoms with Crippen molar-refractivity contribution < 1.29 is 9.90 Å². The number of nitrogens with two attached hydrogens (primary N) is 1. The number of primary amides is 1. The summed E-state index contributed by atoms with van der Waals surface area (Å²) in [4.78, 5) is 24.3. The molecule has 0 aliphatic rings. The number of carbonyl (C=O) groups is 1. The molecule has 8 heteroatoms. The summed E-state index contributed by atoms with van der Waals surface area (Å²) in [5.41, 5.74) is 3.82. The molecule has 3 aromatic rings. The first-order valence-corrected chi connectivity index (χ1v) is 7.18. The van der Waals surface area contributed by atoms with E-state index in [1.54, 1.807) is 24.3 Å². The molecular formula is C13H14N4O3S. The van der Waals surface area contributed by atoms with Gasteiger partial charge in [0.15, 0.2) is 5.82 Å². The fourth-order valence-electron chi connectivity index (χ4n) is 2.28. The molecule has 3 heterocycles. The Hall–Kier alpha value is -2.19. The number of nitrogens with zero attached hydrogens (tertiary/aromatic N) is 3. The monoisotopic (exact) mass is 306 g/mol. The fraction of sp³-hybridized carbons (Fsp3) is 0.308. The van der Waals surface area contributed by atoms with Crippen LogP contribution in [0.5, 0.6) is 0 Å². The lowest BCUT2D eigenvalue weighted by Crippen LogP contribution is -2.35. The summed E-state index contributed by atoms with van der Waals surface area (Å²) in [5, 5.41) is 17.3. The lowest BCUT2D eigenvalue weighted by atomic mass is 10.1. The molecule has 0 aliphatic carbocycles. The molecule has 7 nitrogen and oxygen atoms in total. The average Bonchev–Trinajstić information content (AvgIpc) is 2.91. The van der Waals surface area contributed by atoms with E-state index in [2.05, 4.69) is 5.10 Å². The van der Waals surface area contributed by atoms with E-state index in [0.29, 0.717) is 5.52 Å². The molecule has 0 saturated carbocycles. The number of hydrogen-bond donors (Lipinski definition) is 2. The lowest BCUT2D eigenvalue weighted by Gasteiger charge is -2.19. The van der Waals surface area contributed by atoms with E-state index in [9.17, 15) is 14.7 Å². The third-order valence-corrected chi connectivity index (χ3v) is 4.06. The fourth-order valence-corrected chi connectivity index (χ4v) is 3.18. The summed E-state index contributed by atoms with van der Waals surface area (Å²) in [6, 6.07) is 3.61. The van der Waals surface area contributed by atoms with E-state index < -0.39 is 17.1 Å². The number of rotatable bonds is 3. The first-order valence-electron chi connectivity index (χ1n) is 6.30. The molecule has 0 aliphatic heterocycles. The zero-order valence-corrected chi connectivity index (χ0v) is 12.3. The van der Waals surface area contributed by atoms with Crippen molar-refractivity contribution in [3.8, 4) is 0 Å². The Bertz CT molecular complexity index is 913. The van der Waals surface area contributed by atoms with E-state index in [1.807, 2.05) is 11.4 Å². The molecule has 0 radical (unpaired) electrons. The number of fused-ring (bicyclic) bond motifs is 3. The minimum absolute atomic E-state index is 0.288. The van der Waals surface area contributed by atoms with Crippen molar-refractivity contribution in [2.75, 3.05) is 0 Å². The SMILES string of the molecule is CC(C)(O)c1nn(CC(N)=O)c(=O)c2cc3ccsc3n12. The van der Waals surface area contributed by atoms with Crippen LogP contribution in [0, 0.1) is 0 Å². The highest BCUT2D eigenvalue weighted by atomic mass is 32.1. The second-order valence-electron chi connectivity index (χ2n) is 5.36. The summed E-state index contributed by atoms with van der Waals surface area (Å²) in [6.07, 6.45) is 0. The second kappa shape index (κ2) is 4.40. The summed E-state index contributed by atoms with van der Waals surface area (Å²) in [6.45, 7) is 2.83. The molecule has 3 rings (SSSR count). The van der Waals surface area contributed by atoms with Crippen molar-refractivity contribution in [1.29, 1.82) is 0 Å². The van der Waals surface area contributed by atoms with Crippen LogP contribution in [0.25, 0.3) is 15.7 Å². The van der Waals surface area contributed by atoms with E-state index in [1.165, 1.54) is 11.3 Å². The van der Waals surface area contributed by atoms with E-state index in [0.717, 1.165) is 14.9 Å². The molecule has 110 valence electrons. The van der Waals surface area contributed by atoms with Gasteiger partial charge in [-0.1, -0.05) is 0 Å². The van der Waals surface area contributed by atoms with Crippen molar-refractivity contribution in [1.82, 2.24) is 14.2 Å². The van der Waals surface area contributed by atoms with Gasteiger partial charge in [-0.25, -0.2) is 4.68 Å². The largest absolute Gasteiger partial charge is 0.382 e. The van der Waals surface area contributed by atoms with Crippen LogP contribution >= 0.6 is 11.3 Å². The van der Waals surface area contributed by atoms with Crippen LogP contribution in [-0.2, 0) is 16.9 Å². The molecule has 0 fully saturated rings. The van der Waals surface area contributed by atoms with Crippen LogP contribution in [0.2, 0.25) is 0 Å². The minimum atomic E-state index is -1.28. The number of aromatic nitrogens is 3. The molecule has 21 heavy (non-hydrogen) atoms. The normalized spacial score (nSPS) is 12.3. The zero-order valence-electron chi connectivity index (χ0n) is 11.5. The standard InChI is InChI=1S/C13H14N4O3S/c1-13(2,20)12-15-16(6-9(14)18)10(19)8-5-7-3-4-21-11(7)17(8)12/h3-5,20H,6H2,1-2H3,(H2,14,18). The lowest BCUT2D eigenvalue weighted by molar-refractivity contribution is -0.118. The first-order chi connectivity index (χ1) is 9.79. The van der Waals surface area contributed by atoms with Crippen LogP contribution in [0.15, 0.2) is 22.3 Å². The number of thiophene rings is 1. The topological polar surface area (TPSA) is 103 Å². The van der Waals surface area contributed by atoms with E-state index in [-0.39, 0.29) is 12.4 Å². The Morgan fingerprint density at radius 3 is 2.86 bits per heavy atom. The van der Waals surface area contributed by atoms with Gasteiger partial charge < -0.3 is 10.8 Å². The first kappa shape index (κ1) is 13.8. The zero-order chi connectivity index (χ0) is 15.4. The minimum Gasteiger partial charge on any atom is -0.382 e. The van der Waals surface area contributed by atoms with Crippen molar-refractivity contribution in [2.24, 2.45) is 5.73 Å². The maximum absolute atomic E-state index is 12.4. The third kappa shape index (κ3) is 2.12. The summed E-state index contributed by atoms with van der Waals surface area (Å²) in [7, 11) is 0. The van der Waals surface area contributed by atoms with E-state index >= 15 is 0 Å². The van der Waals surface area contributed by atoms with Crippen LogP contribution in [-0.4, -0.2) is 25.2 Å². The molecule has 0 bridgehead atoms. The second-order valence-corrected chi connectivity index (χ2v) is 6.25. The van der Waals surface area contributed by atoms with Gasteiger partial charge in [-0.15, -0.1) is 11.3 Å². The Kier molecular flexibility index (Phi) is 2.89. The van der Waals surface area contributed by atoms with Crippen LogP contribution in [0.3, 0.4) is 0 Å². The highest BCUT2D eigenvalue weighted by molar-refractivity contribution is 7.16. The van der Waals surface area contributed by atoms with Gasteiger partial charge in [-0.3, -0.25) is 14.0 Å². The van der Waals surface area contributed by atoms with Gasteiger partial charge >= 0.3 is 0 Å². The predicted octanol–water partition coefficient (Wildman–Crippen LogP) is 0.423. The van der Waals surface area contributed by atoms with Gasteiger partial charge in [0.2, 0.25) is 5.91 Å². The van der Waals surface area contributed by atoms with Crippen molar-refractivity contribution >= 4 is 33.0 Å². The van der Waals surface area contributed by atoms with Crippen LogP contribution in [0.1, 0.15) is 19.7 Å². The molecular weight excluding hydrogens is 292 g/mol. The van der Waals surface area contributed by atoms with Crippen molar-refractivity contribution in [2.45, 2.75) is 26.0 Å². The van der Waals surface area contributed by atoms with Gasteiger partial charge in [0.25, 0.3) is 5.56 Å². The van der Waals surface area contributed by atoms with Gasteiger partial charge in [0.05, 0.1) is 0 Å². The summed E-state index contributed by atoms with van der Waals surface area (Å²) < 4.78 is 2.63. The molecule has 0 spiro atoms. The van der Waals surface area contributed by atoms with Gasteiger partial charge in [0.1, 0.15) is 22.5 Å². The Labute approximate surface area is 123 Å². The van der Waals surface area contributed by atoms with E-state index in [4.69, 9.17) is 5.73 Å². The Morgan fingerprint density at radius 2 is 2.24 bits per heavy atom. The molecule has 0 aromatic carbocycles. The molecule has 0 saturated heterocycles. The summed E-state index contributed by atoms with van der Waals surface area (Å²) in [5.74, 6) is -0.375. The highest BCUT2D eigenvalue weighted by Gasteiger charge is 2.26. The van der Waals surface area contributed by atoms with Crippen molar-refractivity contribution in [3.63, 3.8) is 0 Å². The molecule has 0 atom stereocenters. The number of carbonyl (C=O) groups excluding carboxylic acids is 1. The quantitative estimate of drug-likeness (QED) is 0.732. The maximum Gasteiger partial charge on any atom is 0.291 e. The van der Waals surface area contributed by atoms with Crippen LogP contribution < -0.4 is 11.3 Å². The molecule has 1 amide bonds. The molecule has 0 unspecified atom stereocenters. The van der Waals surface area contributed by atoms with Crippen molar-refractivity contribution in [3.05, 3.63) is 33.7 Å². The number of aliphatic hydroxyl groups is 1. The van der Waals surface area contributed by atoms with Gasteiger partial charge in [-0.2, -0.15) is 5.10 Å². The van der Waals surface area contributed by atoms with Crippen LogP contribution in [0.4, 0.5) is 0 Å². The third-order valence-electron chi connectivity index (χ3n) is 3.14. The summed E-state index contributed by atoms with van der Waals surface area (Å²) >= 11 is 1.45. The molecule has 3 aromatic heterocycles. The molecule has 3 N–H and O–H groups in total.